The number of amides is 1. The number of carbonyl (C=O) groups excluding carboxylic acids is 1. The van der Waals surface area contributed by atoms with Crippen molar-refractivity contribution in [1.29, 1.82) is 0 Å². The van der Waals surface area contributed by atoms with Gasteiger partial charge in [0.15, 0.2) is 15.5 Å². The van der Waals surface area contributed by atoms with Gasteiger partial charge in [-0.15, -0.1) is 10.2 Å². The molecule has 0 saturated carbocycles. The summed E-state index contributed by atoms with van der Waals surface area (Å²) >= 11 is 0. The number of H-pyrrole nitrogens is 2. The predicted molar refractivity (Wildman–Crippen MR) is 181 cm³/mol. The van der Waals surface area contributed by atoms with Crippen LogP contribution in [-0.2, 0) is 14.6 Å². The Kier molecular flexibility index (Phi) is 8.64. The minimum atomic E-state index is -3.58. The maximum atomic E-state index is 13.2. The average molecular weight is 647 g/mol. The molecule has 3 aromatic heterocycles. The summed E-state index contributed by atoms with van der Waals surface area (Å²) in [6, 6.07) is 9.42. The Bertz CT molecular complexity index is 2020. The second kappa shape index (κ2) is 12.5. The number of fused-ring (bicyclic) bond motifs is 2. The lowest BCUT2D eigenvalue weighted by molar-refractivity contribution is -0.121. The molecule has 46 heavy (non-hydrogen) atoms. The fourth-order valence-corrected chi connectivity index (χ4v) is 7.53. The van der Waals surface area contributed by atoms with Crippen molar-refractivity contribution in [2.75, 3.05) is 32.0 Å². The quantitative estimate of drug-likeness (QED) is 0.147. The maximum Gasteiger partial charge on any atom is 0.221 e. The first-order valence-electron chi connectivity index (χ1n) is 15.9. The number of hydrogen-bond donors (Lipinski definition) is 4. The van der Waals surface area contributed by atoms with E-state index in [1.54, 1.807) is 33.0 Å². The van der Waals surface area contributed by atoms with Crippen LogP contribution in [0.5, 0.6) is 5.75 Å². The fourth-order valence-electron chi connectivity index (χ4n) is 6.31. The Morgan fingerprint density at radius 2 is 1.85 bits per heavy atom. The highest BCUT2D eigenvalue weighted by molar-refractivity contribution is 7.92. The lowest BCUT2D eigenvalue weighted by Gasteiger charge is -2.33. The number of para-hydroxylation sites is 1. The summed E-state index contributed by atoms with van der Waals surface area (Å²) in [5.74, 6) is 1.60. The number of ether oxygens (including phenoxy) is 1. The number of aromatic amines is 2. The molecule has 4 N–H and O–H groups in total. The molecule has 12 nitrogen and oxygen atoms in total. The Morgan fingerprint density at radius 3 is 2.54 bits per heavy atom. The van der Waals surface area contributed by atoms with Gasteiger partial charge in [-0.1, -0.05) is 12.1 Å². The van der Waals surface area contributed by atoms with Gasteiger partial charge in [0.2, 0.25) is 11.9 Å². The van der Waals surface area contributed by atoms with Crippen molar-refractivity contribution in [2.45, 2.75) is 76.0 Å². The van der Waals surface area contributed by atoms with Crippen LogP contribution in [0, 0.1) is 6.92 Å². The number of aromatic nitrogens is 5. The summed E-state index contributed by atoms with van der Waals surface area (Å²) in [4.78, 5) is 25.7. The molecular weight excluding hydrogens is 604 g/mol. The summed E-state index contributed by atoms with van der Waals surface area (Å²) in [7, 11) is -1.90. The van der Waals surface area contributed by atoms with E-state index < -0.39 is 15.1 Å². The monoisotopic (exact) mass is 646 g/mol. The van der Waals surface area contributed by atoms with E-state index in [1.807, 2.05) is 19.9 Å². The number of sulfone groups is 1. The normalized spacial score (nSPS) is 15.0. The molecule has 1 saturated heterocycles. The molecule has 1 aliphatic heterocycles. The fraction of sp³-hybridized carbons (Fsp3) is 0.455. The number of aryl methyl sites for hydroxylation is 1. The largest absolute Gasteiger partial charge is 0.489 e. The number of piperidine rings is 1. The number of nitrogens with one attached hydrogen (secondary N) is 4. The number of anilines is 2. The molecule has 1 fully saturated rings. The molecule has 5 aromatic rings. The Balaban J connectivity index is 1.34. The van der Waals surface area contributed by atoms with Crippen molar-refractivity contribution in [2.24, 2.45) is 0 Å². The number of hydrogen-bond acceptors (Lipinski definition) is 9. The highest BCUT2D eigenvalue weighted by Crippen LogP contribution is 2.39. The molecular formula is C33H42N8O4S. The average Bonchev–Trinajstić information content (AvgIpc) is 3.46. The molecule has 0 atom stereocenters. The lowest BCUT2D eigenvalue weighted by atomic mass is 9.86. The van der Waals surface area contributed by atoms with Gasteiger partial charge in [-0.05, 0) is 95.8 Å². The van der Waals surface area contributed by atoms with Crippen LogP contribution in [0.4, 0.5) is 11.6 Å². The third-order valence-corrected chi connectivity index (χ3v) is 11.0. The van der Waals surface area contributed by atoms with Crippen LogP contribution in [0.1, 0.15) is 64.0 Å². The first-order chi connectivity index (χ1) is 22.0. The minimum Gasteiger partial charge on any atom is -0.489 e. The van der Waals surface area contributed by atoms with Crippen LogP contribution in [-0.4, -0.2) is 82.4 Å². The Morgan fingerprint density at radius 1 is 1.09 bits per heavy atom. The molecule has 6 rings (SSSR count). The number of likely N-dealkylation sites (tertiary alicyclic amines) is 1. The van der Waals surface area contributed by atoms with Crippen molar-refractivity contribution in [1.82, 2.24) is 35.4 Å². The van der Waals surface area contributed by atoms with Crippen molar-refractivity contribution < 1.29 is 17.9 Å². The predicted octanol–water partition coefficient (Wildman–Crippen LogP) is 5.32. The van der Waals surface area contributed by atoms with Crippen molar-refractivity contribution in [3.63, 3.8) is 0 Å². The molecule has 0 aliphatic carbocycles. The van der Waals surface area contributed by atoms with Gasteiger partial charge in [-0.2, -0.15) is 4.98 Å². The molecule has 4 heterocycles. The molecule has 1 aliphatic rings. The van der Waals surface area contributed by atoms with E-state index in [2.05, 4.69) is 54.8 Å². The van der Waals surface area contributed by atoms with Gasteiger partial charge in [-0.25, -0.2) is 8.42 Å². The second-order valence-corrected chi connectivity index (χ2v) is 15.1. The third-order valence-electron chi connectivity index (χ3n) is 8.82. The van der Waals surface area contributed by atoms with E-state index in [0.717, 1.165) is 49.5 Å². The highest BCUT2D eigenvalue weighted by Gasteiger charge is 2.26. The van der Waals surface area contributed by atoms with E-state index >= 15 is 0 Å². The van der Waals surface area contributed by atoms with Crippen LogP contribution in [0.2, 0.25) is 0 Å². The summed E-state index contributed by atoms with van der Waals surface area (Å²) in [5.41, 5.74) is 5.21. The SMILES string of the molecule is CNC(=O)CCN1CCC(c2cc(OC(C)C)c(Nc3nc4[nH]c5c(S(=O)(=O)C(C)C)cccc5c5nnc([nH]3)c45)cc2C)CC1. The molecule has 244 valence electrons. The summed E-state index contributed by atoms with van der Waals surface area (Å²) in [6.07, 6.45) is 2.49. The van der Waals surface area contributed by atoms with E-state index in [0.29, 0.717) is 51.4 Å². The molecule has 0 bridgehead atoms. The zero-order valence-electron chi connectivity index (χ0n) is 27.2. The van der Waals surface area contributed by atoms with Gasteiger partial charge in [-0.3, -0.25) is 4.79 Å². The van der Waals surface area contributed by atoms with Crippen LogP contribution in [0.3, 0.4) is 0 Å². The van der Waals surface area contributed by atoms with E-state index in [4.69, 9.17) is 9.72 Å². The smallest absolute Gasteiger partial charge is 0.221 e. The molecule has 0 unspecified atom stereocenters. The van der Waals surface area contributed by atoms with Gasteiger partial charge in [0.05, 0.1) is 32.8 Å². The van der Waals surface area contributed by atoms with Gasteiger partial charge < -0.3 is 30.2 Å². The molecule has 13 heteroatoms. The first-order valence-corrected chi connectivity index (χ1v) is 17.4. The Hall–Kier alpha value is -4.23. The topological polar surface area (TPSA) is 158 Å². The van der Waals surface area contributed by atoms with Gasteiger partial charge in [0.1, 0.15) is 16.9 Å². The number of benzene rings is 2. The standard InChI is InChI=1S/C33H42N8O4S/c1-18(2)45-25-17-23(21-10-13-41(14-11-21)15-12-27(42)34-6)20(5)16-24(25)35-33-37-31-28-30(39-40-32(28)38-33)22-8-7-9-26(29(22)36-31)46(43,44)19(3)4/h7-9,16-19,21H,10-15H2,1-6H3,(H,34,42)(H3,35,36,37,38,39,40). The number of carbonyl (C=O) groups is 1. The summed E-state index contributed by atoms with van der Waals surface area (Å²) < 4.78 is 32.8. The van der Waals surface area contributed by atoms with Crippen molar-refractivity contribution >= 4 is 60.5 Å². The lowest BCUT2D eigenvalue weighted by Crippen LogP contribution is -2.35. The molecule has 0 spiro atoms. The zero-order chi connectivity index (χ0) is 32.7. The second-order valence-electron chi connectivity index (χ2n) is 12.6. The summed E-state index contributed by atoms with van der Waals surface area (Å²) in [5, 5.41) is 15.7. The van der Waals surface area contributed by atoms with Crippen molar-refractivity contribution in [3.8, 4) is 5.75 Å². The molecule has 2 aromatic carbocycles. The minimum absolute atomic E-state index is 0.0498. The van der Waals surface area contributed by atoms with Crippen LogP contribution >= 0.6 is 0 Å². The Labute approximate surface area is 268 Å². The van der Waals surface area contributed by atoms with E-state index in [1.165, 1.54) is 5.56 Å². The molecule has 1 amide bonds. The van der Waals surface area contributed by atoms with E-state index in [-0.39, 0.29) is 16.9 Å². The van der Waals surface area contributed by atoms with E-state index in [9.17, 15) is 13.2 Å². The summed E-state index contributed by atoms with van der Waals surface area (Å²) in [6.45, 7) is 12.1. The number of rotatable bonds is 10. The zero-order valence-corrected chi connectivity index (χ0v) is 28.0. The van der Waals surface area contributed by atoms with Crippen LogP contribution < -0.4 is 15.4 Å². The number of pyridine rings is 1. The van der Waals surface area contributed by atoms with Crippen LogP contribution in [0.15, 0.2) is 35.2 Å². The third kappa shape index (κ3) is 6.01. The van der Waals surface area contributed by atoms with Gasteiger partial charge in [0.25, 0.3) is 0 Å². The van der Waals surface area contributed by atoms with Gasteiger partial charge >= 0.3 is 0 Å². The van der Waals surface area contributed by atoms with Crippen molar-refractivity contribution in [3.05, 3.63) is 41.5 Å². The van der Waals surface area contributed by atoms with Crippen LogP contribution in [0.25, 0.3) is 33.1 Å². The van der Waals surface area contributed by atoms with Gasteiger partial charge in [0, 0.05) is 25.4 Å². The first kappa shape index (κ1) is 31.7. The highest BCUT2D eigenvalue weighted by atomic mass is 32.2. The molecule has 0 radical (unpaired) electrons. The number of nitrogens with zero attached hydrogens (tertiary/aromatic N) is 4. The maximum absolute atomic E-state index is 13.2.